The second-order valence-corrected chi connectivity index (χ2v) is 13.4. The third-order valence-corrected chi connectivity index (χ3v) is 9.80. The Morgan fingerprint density at radius 3 is 2.05 bits per heavy atom. The van der Waals surface area contributed by atoms with Crippen LogP contribution in [0.4, 0.5) is 5.69 Å². The standard InChI is InChI=1S/C30H34BrCl2N3O4S/c1-5-21(4)34-30(38)28(6-2)35(18-25-26(32)8-7-9-27(25)33)29(37)19-36(23-14-12-22(31)13-15-23)41(39,40)24-16-10-20(3)11-17-24/h7-17,21,28H,5-6,18-19H2,1-4H3,(H,34,38)/t21-,28+/m0/s1. The Balaban J connectivity index is 2.09. The Morgan fingerprint density at radius 1 is 0.927 bits per heavy atom. The first-order valence-corrected chi connectivity index (χ1v) is 16.3. The summed E-state index contributed by atoms with van der Waals surface area (Å²) in [6.45, 7) is 6.86. The minimum atomic E-state index is -4.16. The van der Waals surface area contributed by atoms with Gasteiger partial charge in [-0.15, -0.1) is 0 Å². The van der Waals surface area contributed by atoms with Crippen LogP contribution in [0, 0.1) is 6.92 Å². The Bertz CT molecular complexity index is 1450. The van der Waals surface area contributed by atoms with Crippen molar-refractivity contribution in [3.8, 4) is 0 Å². The van der Waals surface area contributed by atoms with E-state index in [-0.39, 0.29) is 23.4 Å². The molecule has 41 heavy (non-hydrogen) atoms. The van der Waals surface area contributed by atoms with Gasteiger partial charge in [0.25, 0.3) is 10.0 Å². The van der Waals surface area contributed by atoms with Crippen LogP contribution in [0.3, 0.4) is 0 Å². The molecule has 0 aliphatic carbocycles. The van der Waals surface area contributed by atoms with Crippen LogP contribution >= 0.6 is 39.1 Å². The SMILES string of the molecule is CC[C@H](C(=O)N[C@@H](C)CC)N(Cc1c(Cl)cccc1Cl)C(=O)CN(c1ccc(Br)cc1)S(=O)(=O)c1ccc(C)cc1. The number of benzene rings is 3. The van der Waals surface area contributed by atoms with Gasteiger partial charge in [0.15, 0.2) is 0 Å². The van der Waals surface area contributed by atoms with E-state index in [1.807, 2.05) is 20.8 Å². The summed E-state index contributed by atoms with van der Waals surface area (Å²) in [4.78, 5) is 28.9. The van der Waals surface area contributed by atoms with Gasteiger partial charge in [-0.2, -0.15) is 0 Å². The number of carbonyl (C=O) groups excluding carboxylic acids is 2. The van der Waals surface area contributed by atoms with Gasteiger partial charge < -0.3 is 10.2 Å². The van der Waals surface area contributed by atoms with Gasteiger partial charge in [0.1, 0.15) is 12.6 Å². The van der Waals surface area contributed by atoms with Gasteiger partial charge in [0.2, 0.25) is 11.8 Å². The molecule has 0 fully saturated rings. The second kappa shape index (κ2) is 14.5. The summed E-state index contributed by atoms with van der Waals surface area (Å²) >= 11 is 16.3. The largest absolute Gasteiger partial charge is 0.352 e. The fraction of sp³-hybridized carbons (Fsp3) is 0.333. The van der Waals surface area contributed by atoms with Crippen LogP contribution < -0.4 is 9.62 Å². The van der Waals surface area contributed by atoms with E-state index < -0.39 is 28.5 Å². The number of nitrogens with zero attached hydrogens (tertiary/aromatic N) is 2. The zero-order chi connectivity index (χ0) is 30.3. The van der Waals surface area contributed by atoms with Crippen molar-refractivity contribution in [3.63, 3.8) is 0 Å². The van der Waals surface area contributed by atoms with E-state index in [1.54, 1.807) is 61.5 Å². The van der Waals surface area contributed by atoms with Crippen molar-refractivity contribution in [2.24, 2.45) is 0 Å². The number of sulfonamides is 1. The van der Waals surface area contributed by atoms with Crippen molar-refractivity contribution in [1.82, 2.24) is 10.2 Å². The fourth-order valence-corrected chi connectivity index (χ4v) is 6.38. The van der Waals surface area contributed by atoms with Crippen LogP contribution in [-0.2, 0) is 26.2 Å². The molecule has 7 nitrogen and oxygen atoms in total. The number of aryl methyl sites for hydroxylation is 1. The first-order chi connectivity index (χ1) is 19.4. The molecule has 11 heteroatoms. The van der Waals surface area contributed by atoms with Crippen molar-refractivity contribution >= 4 is 66.7 Å². The third kappa shape index (κ3) is 8.25. The zero-order valence-electron chi connectivity index (χ0n) is 23.4. The minimum Gasteiger partial charge on any atom is -0.352 e. The number of carbonyl (C=O) groups is 2. The zero-order valence-corrected chi connectivity index (χ0v) is 27.3. The molecule has 0 saturated heterocycles. The first-order valence-electron chi connectivity index (χ1n) is 13.3. The Labute approximate surface area is 261 Å². The summed E-state index contributed by atoms with van der Waals surface area (Å²) in [5.74, 6) is -0.916. The molecule has 0 aromatic heterocycles. The maximum absolute atomic E-state index is 14.2. The molecule has 220 valence electrons. The highest BCUT2D eigenvalue weighted by molar-refractivity contribution is 9.10. The number of hydrogen-bond acceptors (Lipinski definition) is 4. The van der Waals surface area contributed by atoms with E-state index in [2.05, 4.69) is 21.2 Å². The summed E-state index contributed by atoms with van der Waals surface area (Å²) in [6, 6.07) is 17.1. The molecule has 3 rings (SSSR count). The summed E-state index contributed by atoms with van der Waals surface area (Å²) in [6.07, 6.45) is 0.998. The molecule has 0 bridgehead atoms. The van der Waals surface area contributed by atoms with E-state index in [4.69, 9.17) is 23.2 Å². The molecule has 0 spiro atoms. The Kier molecular flexibility index (Phi) is 11.7. The van der Waals surface area contributed by atoms with Crippen LogP contribution in [0.5, 0.6) is 0 Å². The molecule has 0 aliphatic rings. The monoisotopic (exact) mass is 681 g/mol. The number of nitrogens with one attached hydrogen (secondary N) is 1. The number of halogens is 3. The number of amides is 2. The molecule has 0 unspecified atom stereocenters. The second-order valence-electron chi connectivity index (χ2n) is 9.76. The van der Waals surface area contributed by atoms with Crippen LogP contribution in [0.15, 0.2) is 76.1 Å². The minimum absolute atomic E-state index is 0.0427. The average molecular weight is 683 g/mol. The fourth-order valence-electron chi connectivity index (χ4n) is 4.19. The maximum Gasteiger partial charge on any atom is 0.264 e. The Hall–Kier alpha value is -2.59. The third-order valence-electron chi connectivity index (χ3n) is 6.78. The van der Waals surface area contributed by atoms with Crippen LogP contribution in [0.2, 0.25) is 10.0 Å². The molecule has 1 N–H and O–H groups in total. The molecule has 0 saturated carbocycles. The molecular formula is C30H34BrCl2N3O4S. The van der Waals surface area contributed by atoms with Gasteiger partial charge in [-0.05, 0) is 75.2 Å². The molecule has 0 radical (unpaired) electrons. The smallest absolute Gasteiger partial charge is 0.264 e. The lowest BCUT2D eigenvalue weighted by molar-refractivity contribution is -0.140. The van der Waals surface area contributed by atoms with Crippen molar-refractivity contribution < 1.29 is 18.0 Å². The average Bonchev–Trinajstić information content (AvgIpc) is 2.93. The highest BCUT2D eigenvalue weighted by Crippen LogP contribution is 2.29. The lowest BCUT2D eigenvalue weighted by atomic mass is 10.1. The number of hydrogen-bond donors (Lipinski definition) is 1. The highest BCUT2D eigenvalue weighted by Gasteiger charge is 2.34. The number of rotatable bonds is 12. The molecule has 2 atom stereocenters. The van der Waals surface area contributed by atoms with E-state index in [0.29, 0.717) is 34.1 Å². The topological polar surface area (TPSA) is 86.8 Å². The van der Waals surface area contributed by atoms with E-state index in [9.17, 15) is 18.0 Å². The summed E-state index contributed by atoms with van der Waals surface area (Å²) < 4.78 is 29.7. The first kappa shape index (κ1) is 32.9. The predicted molar refractivity (Wildman–Crippen MR) is 169 cm³/mol. The molecule has 3 aromatic carbocycles. The molecular weight excluding hydrogens is 649 g/mol. The van der Waals surface area contributed by atoms with Crippen LogP contribution in [0.25, 0.3) is 0 Å². The van der Waals surface area contributed by atoms with Gasteiger partial charge in [-0.1, -0.05) is 76.7 Å². The Morgan fingerprint density at radius 2 is 1.51 bits per heavy atom. The van der Waals surface area contributed by atoms with Gasteiger partial charge in [-0.25, -0.2) is 8.42 Å². The summed E-state index contributed by atoms with van der Waals surface area (Å²) in [7, 11) is -4.16. The predicted octanol–water partition coefficient (Wildman–Crippen LogP) is 6.98. The van der Waals surface area contributed by atoms with Crippen molar-refractivity contribution in [3.05, 3.63) is 92.4 Å². The van der Waals surface area contributed by atoms with E-state index in [0.717, 1.165) is 14.3 Å². The summed E-state index contributed by atoms with van der Waals surface area (Å²) in [5.41, 5.74) is 1.67. The molecule has 3 aromatic rings. The highest BCUT2D eigenvalue weighted by atomic mass is 79.9. The molecule has 0 aliphatic heterocycles. The van der Waals surface area contributed by atoms with Crippen molar-refractivity contribution in [1.29, 1.82) is 0 Å². The van der Waals surface area contributed by atoms with Crippen LogP contribution in [-0.4, -0.2) is 43.8 Å². The van der Waals surface area contributed by atoms with Gasteiger partial charge in [0, 0.05) is 32.7 Å². The van der Waals surface area contributed by atoms with Crippen molar-refractivity contribution in [2.75, 3.05) is 10.8 Å². The van der Waals surface area contributed by atoms with E-state index in [1.165, 1.54) is 17.0 Å². The quantitative estimate of drug-likeness (QED) is 0.223. The molecule has 0 heterocycles. The summed E-state index contributed by atoms with van der Waals surface area (Å²) in [5, 5.41) is 3.62. The van der Waals surface area contributed by atoms with Gasteiger partial charge in [-0.3, -0.25) is 13.9 Å². The lowest BCUT2D eigenvalue weighted by Gasteiger charge is -2.34. The maximum atomic E-state index is 14.2. The van der Waals surface area contributed by atoms with Gasteiger partial charge in [0.05, 0.1) is 10.6 Å². The lowest BCUT2D eigenvalue weighted by Crippen LogP contribution is -2.53. The normalized spacial score (nSPS) is 12.9. The van der Waals surface area contributed by atoms with Crippen molar-refractivity contribution in [2.45, 2.75) is 64.1 Å². The van der Waals surface area contributed by atoms with Gasteiger partial charge >= 0.3 is 0 Å². The van der Waals surface area contributed by atoms with E-state index >= 15 is 0 Å². The number of anilines is 1. The molecule has 2 amide bonds. The van der Waals surface area contributed by atoms with Crippen LogP contribution in [0.1, 0.15) is 44.7 Å².